The van der Waals surface area contributed by atoms with Gasteiger partial charge < -0.3 is 19.3 Å². The zero-order chi connectivity index (χ0) is 35.5. The van der Waals surface area contributed by atoms with Gasteiger partial charge in [0.2, 0.25) is 11.8 Å². The predicted molar refractivity (Wildman–Crippen MR) is 192 cm³/mol. The summed E-state index contributed by atoms with van der Waals surface area (Å²) in [4.78, 5) is 30.9. The van der Waals surface area contributed by atoms with Crippen LogP contribution in [-0.2, 0) is 4.74 Å². The minimum absolute atomic E-state index is 0.0367. The number of halogens is 2. The average molecular weight is 736 g/mol. The highest BCUT2D eigenvalue weighted by Gasteiger charge is 2.16. The normalized spacial score (nSPS) is 11.4. The maximum atomic E-state index is 11.7. The van der Waals surface area contributed by atoms with Gasteiger partial charge in [-0.05, 0) is 44.0 Å². The molecule has 0 unspecified atom stereocenters. The summed E-state index contributed by atoms with van der Waals surface area (Å²) < 4.78 is 19.3. The molecule has 0 aliphatic carbocycles. The van der Waals surface area contributed by atoms with E-state index in [1.54, 1.807) is 54.3 Å². The molecule has 0 spiro atoms. The van der Waals surface area contributed by atoms with Crippen molar-refractivity contribution in [2.75, 3.05) is 19.8 Å². The van der Waals surface area contributed by atoms with Crippen molar-refractivity contribution in [3.05, 3.63) is 70.2 Å². The Kier molecular flexibility index (Phi) is 14.2. The van der Waals surface area contributed by atoms with Crippen molar-refractivity contribution in [1.82, 2.24) is 29.5 Å². The largest absolute Gasteiger partial charge is 0.478 e. The third-order valence-corrected chi connectivity index (χ3v) is 10.9. The minimum atomic E-state index is -1.11. The summed E-state index contributed by atoms with van der Waals surface area (Å²) in [5.74, 6) is 0.412. The van der Waals surface area contributed by atoms with E-state index in [2.05, 4.69) is 59.4 Å². The van der Waals surface area contributed by atoms with Crippen molar-refractivity contribution in [3.8, 4) is 23.4 Å². The Morgan fingerprint density at radius 2 is 1.17 bits per heavy atom. The molecule has 0 saturated heterocycles. The monoisotopic (exact) mass is 734 g/mol. The maximum Gasteiger partial charge on any atom is 0.341 e. The van der Waals surface area contributed by atoms with Crippen molar-refractivity contribution < 1.29 is 28.9 Å². The number of rotatable bonds is 15. The van der Waals surface area contributed by atoms with Crippen molar-refractivity contribution in [2.24, 2.45) is 0 Å². The van der Waals surface area contributed by atoms with Gasteiger partial charge in [-0.2, -0.15) is 0 Å². The molecule has 4 aromatic rings. The Morgan fingerprint density at radius 1 is 0.729 bits per heavy atom. The molecule has 0 aliphatic heterocycles. The van der Waals surface area contributed by atoms with Crippen LogP contribution in [0, 0.1) is 0 Å². The van der Waals surface area contributed by atoms with Gasteiger partial charge in [0, 0.05) is 40.7 Å². The van der Waals surface area contributed by atoms with Crippen LogP contribution in [0.5, 0.6) is 11.8 Å². The number of aromatic carboxylic acids is 1. The van der Waals surface area contributed by atoms with Crippen LogP contribution in [0.3, 0.4) is 0 Å². The first-order valence-electron chi connectivity index (χ1n) is 15.7. The average Bonchev–Trinajstić information content (AvgIpc) is 3.67. The van der Waals surface area contributed by atoms with Crippen LogP contribution in [-0.4, -0.2) is 82.5 Å². The second kappa shape index (κ2) is 17.6. The summed E-state index contributed by atoms with van der Waals surface area (Å²) >= 11 is 11.9. The number of esters is 1. The zero-order valence-corrected chi connectivity index (χ0v) is 32.0. The molecule has 1 N–H and O–H groups in total. The van der Waals surface area contributed by atoms with E-state index >= 15 is 0 Å². The number of carboxylic acid groups (broad SMARTS) is 1. The second-order valence-corrected chi connectivity index (χ2v) is 25.2. The standard InChI is InChI=1S/C17H24ClN3O3Si.C15H20ClN3O3Si/c1-5-23-17(22)13-7-8-14(19-16(13)18)21-10-9-15(20-21)24-11-6-12-25(2,3)4;1-23(2,3)10-4-9-22-13-7-8-19(18-13)12-6-5-11(15(20)21)14(16)17-12/h7-10H,5-6,11-12H2,1-4H3;5-8H,4,9-10H2,1-3H3,(H,20,21). The van der Waals surface area contributed by atoms with Gasteiger partial charge in [0.25, 0.3) is 0 Å². The van der Waals surface area contributed by atoms with Crippen LogP contribution >= 0.6 is 23.2 Å². The summed E-state index contributed by atoms with van der Waals surface area (Å²) in [7, 11) is -2.08. The highest BCUT2D eigenvalue weighted by molar-refractivity contribution is 6.76. The smallest absolute Gasteiger partial charge is 0.341 e. The number of hydrogen-bond donors (Lipinski definition) is 1. The van der Waals surface area contributed by atoms with Crippen LogP contribution in [0.15, 0.2) is 48.8 Å². The van der Waals surface area contributed by atoms with Gasteiger partial charge in [-0.25, -0.2) is 28.9 Å². The molecule has 0 saturated carbocycles. The van der Waals surface area contributed by atoms with Crippen LogP contribution in [0.2, 0.25) is 61.7 Å². The first-order chi connectivity index (χ1) is 22.6. The molecule has 0 aliphatic rings. The summed E-state index contributed by atoms with van der Waals surface area (Å²) in [6.45, 7) is 17.3. The highest BCUT2D eigenvalue weighted by Crippen LogP contribution is 2.20. The number of nitrogens with zero attached hydrogens (tertiary/aromatic N) is 6. The Balaban J connectivity index is 0.000000261. The van der Waals surface area contributed by atoms with Crippen LogP contribution in [0.1, 0.15) is 40.5 Å². The Bertz CT molecular complexity index is 1670. The fourth-order valence-corrected chi connectivity index (χ4v) is 7.07. The molecule has 0 bridgehead atoms. The quantitative estimate of drug-likeness (QED) is 0.0553. The number of carbonyl (C=O) groups excluding carboxylic acids is 1. The number of ether oxygens (including phenoxy) is 3. The summed E-state index contributed by atoms with van der Waals surface area (Å²) in [5.41, 5.74) is 0.202. The Morgan fingerprint density at radius 3 is 1.54 bits per heavy atom. The lowest BCUT2D eigenvalue weighted by Gasteiger charge is -2.14. The second-order valence-electron chi connectivity index (χ2n) is 13.3. The first kappa shape index (κ1) is 38.7. The van der Waals surface area contributed by atoms with E-state index in [-0.39, 0.29) is 28.0 Å². The Labute approximate surface area is 293 Å². The first-order valence-corrected chi connectivity index (χ1v) is 23.8. The molecule has 0 amide bonds. The number of pyridine rings is 2. The Hall–Kier alpha value is -3.73. The lowest BCUT2D eigenvalue weighted by molar-refractivity contribution is 0.0525. The van der Waals surface area contributed by atoms with Crippen LogP contribution in [0.4, 0.5) is 0 Å². The van der Waals surface area contributed by atoms with Crippen LogP contribution < -0.4 is 9.47 Å². The molecule has 260 valence electrons. The van der Waals surface area contributed by atoms with Gasteiger partial charge in [0.1, 0.15) is 10.3 Å². The highest BCUT2D eigenvalue weighted by atomic mass is 35.5. The molecular formula is C32H44Cl2N6O6Si2. The fraction of sp³-hybridized carbons (Fsp3) is 0.438. The van der Waals surface area contributed by atoms with Crippen molar-refractivity contribution >= 4 is 51.3 Å². The number of aromatic nitrogens is 6. The minimum Gasteiger partial charge on any atom is -0.478 e. The molecule has 16 heteroatoms. The van der Waals surface area contributed by atoms with Gasteiger partial charge in [0.15, 0.2) is 11.6 Å². The van der Waals surface area contributed by atoms with Gasteiger partial charge in [-0.3, -0.25) is 0 Å². The number of carboxylic acids is 1. The number of hydrogen-bond acceptors (Lipinski definition) is 9. The molecule has 0 fully saturated rings. The van der Waals surface area contributed by atoms with E-state index in [0.717, 1.165) is 12.8 Å². The molecular weight excluding hydrogens is 691 g/mol. The van der Waals surface area contributed by atoms with E-state index in [9.17, 15) is 9.59 Å². The predicted octanol–water partition coefficient (Wildman–Crippen LogP) is 7.93. The van der Waals surface area contributed by atoms with Crippen molar-refractivity contribution in [2.45, 2.75) is 71.1 Å². The van der Waals surface area contributed by atoms with E-state index in [1.807, 2.05) is 0 Å². The van der Waals surface area contributed by atoms with E-state index in [1.165, 1.54) is 22.8 Å². The third-order valence-electron chi connectivity index (χ3n) is 6.63. The third kappa shape index (κ3) is 12.7. The van der Waals surface area contributed by atoms with E-state index < -0.39 is 28.1 Å². The lowest BCUT2D eigenvalue weighted by atomic mass is 10.3. The van der Waals surface area contributed by atoms with E-state index in [4.69, 9.17) is 42.5 Å². The topological polar surface area (TPSA) is 143 Å². The van der Waals surface area contributed by atoms with E-state index in [0.29, 0.717) is 36.6 Å². The molecule has 12 nitrogen and oxygen atoms in total. The fourth-order valence-electron chi connectivity index (χ4n) is 4.21. The maximum absolute atomic E-state index is 11.7. The van der Waals surface area contributed by atoms with Gasteiger partial charge in [-0.1, -0.05) is 74.6 Å². The van der Waals surface area contributed by atoms with Gasteiger partial charge in [0.05, 0.1) is 30.9 Å². The van der Waals surface area contributed by atoms with Gasteiger partial charge >= 0.3 is 11.9 Å². The number of carbonyl (C=O) groups is 2. The molecule has 4 rings (SSSR count). The molecule has 48 heavy (non-hydrogen) atoms. The molecule has 4 heterocycles. The summed E-state index contributed by atoms with van der Waals surface area (Å²) in [5, 5.41) is 17.6. The van der Waals surface area contributed by atoms with Crippen LogP contribution in [0.25, 0.3) is 11.6 Å². The molecule has 0 radical (unpaired) electrons. The summed E-state index contributed by atoms with van der Waals surface area (Å²) in [6.07, 6.45) is 5.49. The van der Waals surface area contributed by atoms with Gasteiger partial charge in [-0.15, -0.1) is 10.2 Å². The lowest BCUT2D eigenvalue weighted by Crippen LogP contribution is -2.20. The zero-order valence-electron chi connectivity index (χ0n) is 28.5. The molecule has 0 atom stereocenters. The molecule has 4 aromatic heterocycles. The van der Waals surface area contributed by atoms with Crippen molar-refractivity contribution in [1.29, 1.82) is 0 Å². The summed E-state index contributed by atoms with van der Waals surface area (Å²) in [6, 6.07) is 12.2. The van der Waals surface area contributed by atoms with Crippen molar-refractivity contribution in [3.63, 3.8) is 0 Å². The SMILES string of the molecule is CCOC(=O)c1ccc(-n2ccc(OCCC[Si](C)(C)C)n2)nc1Cl.C[Si](C)(C)CCCOc1ccn(-c2ccc(C(=O)O)c(Cl)n2)n1. The molecule has 0 aromatic carbocycles.